The van der Waals surface area contributed by atoms with E-state index in [0.717, 1.165) is 11.3 Å². The van der Waals surface area contributed by atoms with Gasteiger partial charge >= 0.3 is 0 Å². The Morgan fingerprint density at radius 2 is 1.91 bits per heavy atom. The number of nitrogens with zero attached hydrogens (tertiary/aromatic N) is 2. The zero-order valence-electron chi connectivity index (χ0n) is 18.4. The standard InChI is InChI=1S/C23H26N4O5S/c1-16(22-24-15-19(26-22)17-6-4-3-5-7-17)25-23(28)18-8-9-20(31-2)21(14-18)33(29,30)27-10-12-32-13-11-27/h3-9,14-16H,10-13H2,1-2H3,(H,24,26)(H,25,28). The van der Waals surface area contributed by atoms with E-state index in [9.17, 15) is 13.2 Å². The molecule has 2 N–H and O–H groups in total. The van der Waals surface area contributed by atoms with Crippen LogP contribution in [0.4, 0.5) is 0 Å². The van der Waals surface area contributed by atoms with E-state index in [1.165, 1.54) is 29.6 Å². The lowest BCUT2D eigenvalue weighted by Gasteiger charge is -2.26. The van der Waals surface area contributed by atoms with Gasteiger partial charge in [0.15, 0.2) is 0 Å². The van der Waals surface area contributed by atoms with Crippen molar-refractivity contribution in [1.29, 1.82) is 0 Å². The minimum atomic E-state index is -3.84. The van der Waals surface area contributed by atoms with Crippen molar-refractivity contribution in [2.75, 3.05) is 33.4 Å². The monoisotopic (exact) mass is 470 g/mol. The molecule has 10 heteroatoms. The van der Waals surface area contributed by atoms with Crippen molar-refractivity contribution >= 4 is 15.9 Å². The summed E-state index contributed by atoms with van der Waals surface area (Å²) in [6.45, 7) is 2.96. The fourth-order valence-corrected chi connectivity index (χ4v) is 5.20. The SMILES string of the molecule is COc1ccc(C(=O)NC(C)c2ncc(-c3ccccc3)[nH]2)cc1S(=O)(=O)N1CCOCC1. The van der Waals surface area contributed by atoms with E-state index in [4.69, 9.17) is 9.47 Å². The average molecular weight is 471 g/mol. The number of hydrogen-bond acceptors (Lipinski definition) is 6. The summed E-state index contributed by atoms with van der Waals surface area (Å²) in [7, 11) is -2.44. The lowest BCUT2D eigenvalue weighted by molar-refractivity contribution is 0.0729. The summed E-state index contributed by atoms with van der Waals surface area (Å²) < 4.78 is 38.2. The predicted molar refractivity (Wildman–Crippen MR) is 122 cm³/mol. The smallest absolute Gasteiger partial charge is 0.251 e. The first kappa shape index (κ1) is 23.0. The molecule has 0 saturated carbocycles. The minimum absolute atomic E-state index is 0.0448. The second kappa shape index (κ2) is 9.74. The number of aromatic amines is 1. The first-order chi connectivity index (χ1) is 15.9. The molecule has 2 heterocycles. The van der Waals surface area contributed by atoms with Gasteiger partial charge in [-0.25, -0.2) is 13.4 Å². The Balaban J connectivity index is 1.54. The van der Waals surface area contributed by atoms with Gasteiger partial charge in [-0.05, 0) is 30.7 Å². The molecule has 0 bridgehead atoms. The molecular weight excluding hydrogens is 444 g/mol. The topological polar surface area (TPSA) is 114 Å². The van der Waals surface area contributed by atoms with E-state index in [1.54, 1.807) is 13.1 Å². The number of sulfonamides is 1. The van der Waals surface area contributed by atoms with Crippen molar-refractivity contribution < 1.29 is 22.7 Å². The van der Waals surface area contributed by atoms with Crippen LogP contribution in [0, 0.1) is 0 Å². The number of H-pyrrole nitrogens is 1. The summed E-state index contributed by atoms with van der Waals surface area (Å²) in [6, 6.07) is 13.7. The molecule has 9 nitrogen and oxygen atoms in total. The fourth-order valence-electron chi connectivity index (χ4n) is 3.61. The van der Waals surface area contributed by atoms with Crippen LogP contribution in [0.25, 0.3) is 11.3 Å². The molecule has 2 aromatic carbocycles. The van der Waals surface area contributed by atoms with E-state index in [0.29, 0.717) is 19.0 Å². The number of carbonyl (C=O) groups is 1. The Bertz CT molecular complexity index is 1220. The third-order valence-corrected chi connectivity index (χ3v) is 7.37. The third kappa shape index (κ3) is 4.92. The lowest BCUT2D eigenvalue weighted by Crippen LogP contribution is -2.40. The van der Waals surface area contributed by atoms with E-state index in [2.05, 4.69) is 15.3 Å². The van der Waals surface area contributed by atoms with Crippen LogP contribution in [-0.2, 0) is 14.8 Å². The summed E-state index contributed by atoms with van der Waals surface area (Å²) in [5.74, 6) is 0.364. The Kier molecular flexibility index (Phi) is 6.77. The van der Waals surface area contributed by atoms with Gasteiger partial charge in [0.2, 0.25) is 10.0 Å². The van der Waals surface area contributed by atoms with E-state index < -0.39 is 22.0 Å². The normalized spacial score (nSPS) is 15.7. The molecule has 1 aliphatic rings. The molecule has 1 fully saturated rings. The van der Waals surface area contributed by atoms with Crippen molar-refractivity contribution in [3.05, 3.63) is 66.1 Å². The van der Waals surface area contributed by atoms with Crippen LogP contribution in [0.1, 0.15) is 29.1 Å². The van der Waals surface area contributed by atoms with Crippen molar-refractivity contribution in [1.82, 2.24) is 19.6 Å². The highest BCUT2D eigenvalue weighted by Crippen LogP contribution is 2.29. The summed E-state index contributed by atoms with van der Waals surface area (Å²) in [6.07, 6.45) is 1.72. The Labute approximate surface area is 192 Å². The summed E-state index contributed by atoms with van der Waals surface area (Å²) in [5, 5.41) is 2.87. The van der Waals surface area contributed by atoms with Gasteiger partial charge in [-0.3, -0.25) is 4.79 Å². The van der Waals surface area contributed by atoms with Crippen molar-refractivity contribution in [2.24, 2.45) is 0 Å². The molecule has 174 valence electrons. The maximum Gasteiger partial charge on any atom is 0.251 e. The molecule has 0 radical (unpaired) electrons. The number of methoxy groups -OCH3 is 1. The molecule has 4 rings (SSSR count). The number of carbonyl (C=O) groups excluding carboxylic acids is 1. The quantitative estimate of drug-likeness (QED) is 0.549. The number of benzene rings is 2. The van der Waals surface area contributed by atoms with Gasteiger partial charge in [-0.1, -0.05) is 30.3 Å². The van der Waals surface area contributed by atoms with Gasteiger partial charge in [0, 0.05) is 18.7 Å². The zero-order valence-corrected chi connectivity index (χ0v) is 19.3. The van der Waals surface area contributed by atoms with Gasteiger partial charge in [0.05, 0.1) is 38.3 Å². The summed E-state index contributed by atoms with van der Waals surface area (Å²) >= 11 is 0. The van der Waals surface area contributed by atoms with Gasteiger partial charge in [-0.2, -0.15) is 4.31 Å². The second-order valence-corrected chi connectivity index (χ2v) is 9.53. The molecule has 3 aromatic rings. The number of imidazole rings is 1. The largest absolute Gasteiger partial charge is 0.495 e. The van der Waals surface area contributed by atoms with Gasteiger partial charge in [0.1, 0.15) is 16.5 Å². The Morgan fingerprint density at radius 3 is 2.61 bits per heavy atom. The van der Waals surface area contributed by atoms with E-state index >= 15 is 0 Å². The lowest BCUT2D eigenvalue weighted by atomic mass is 10.2. The maximum atomic E-state index is 13.2. The molecule has 1 atom stereocenters. The number of aromatic nitrogens is 2. The molecule has 1 aromatic heterocycles. The van der Waals surface area contributed by atoms with Crippen molar-refractivity contribution in [2.45, 2.75) is 17.9 Å². The van der Waals surface area contributed by atoms with Gasteiger partial charge < -0.3 is 19.8 Å². The van der Waals surface area contributed by atoms with Crippen LogP contribution in [0.15, 0.2) is 59.6 Å². The number of nitrogens with one attached hydrogen (secondary N) is 2. The molecule has 0 aliphatic carbocycles. The van der Waals surface area contributed by atoms with Crippen LogP contribution in [0.3, 0.4) is 0 Å². The highest BCUT2D eigenvalue weighted by Gasteiger charge is 2.30. The highest BCUT2D eigenvalue weighted by atomic mass is 32.2. The minimum Gasteiger partial charge on any atom is -0.495 e. The van der Waals surface area contributed by atoms with Crippen molar-refractivity contribution in [3.63, 3.8) is 0 Å². The van der Waals surface area contributed by atoms with Crippen LogP contribution in [0.5, 0.6) is 5.75 Å². The van der Waals surface area contributed by atoms with E-state index in [-0.39, 0.29) is 29.3 Å². The van der Waals surface area contributed by atoms with Gasteiger partial charge in [-0.15, -0.1) is 0 Å². The third-order valence-electron chi connectivity index (χ3n) is 5.45. The van der Waals surface area contributed by atoms with Crippen LogP contribution >= 0.6 is 0 Å². The predicted octanol–water partition coefficient (Wildman–Crippen LogP) is 2.60. The van der Waals surface area contributed by atoms with Crippen LogP contribution in [-0.4, -0.2) is 62.0 Å². The maximum absolute atomic E-state index is 13.2. The van der Waals surface area contributed by atoms with Crippen LogP contribution < -0.4 is 10.1 Å². The molecule has 0 spiro atoms. The summed E-state index contributed by atoms with van der Waals surface area (Å²) in [5.41, 5.74) is 2.04. The number of amides is 1. The molecule has 1 amide bonds. The molecule has 33 heavy (non-hydrogen) atoms. The van der Waals surface area contributed by atoms with Crippen molar-refractivity contribution in [3.8, 4) is 17.0 Å². The van der Waals surface area contributed by atoms with Crippen LogP contribution in [0.2, 0.25) is 0 Å². The molecular formula is C23H26N4O5S. The summed E-state index contributed by atoms with van der Waals surface area (Å²) in [4.78, 5) is 20.5. The number of rotatable bonds is 7. The first-order valence-electron chi connectivity index (χ1n) is 10.6. The molecule has 1 unspecified atom stereocenters. The number of morpholine rings is 1. The molecule has 1 aliphatic heterocycles. The number of ether oxygens (including phenoxy) is 2. The zero-order chi connectivity index (χ0) is 23.4. The highest BCUT2D eigenvalue weighted by molar-refractivity contribution is 7.89. The van der Waals surface area contributed by atoms with Gasteiger partial charge in [0.25, 0.3) is 5.91 Å². The second-order valence-electron chi connectivity index (χ2n) is 7.63. The number of hydrogen-bond donors (Lipinski definition) is 2. The Hall–Kier alpha value is -3.21. The molecule has 1 saturated heterocycles. The average Bonchev–Trinajstić information content (AvgIpc) is 3.35. The first-order valence-corrected chi connectivity index (χ1v) is 12.0. The Morgan fingerprint density at radius 1 is 1.18 bits per heavy atom. The fraction of sp³-hybridized carbons (Fsp3) is 0.304. The van der Waals surface area contributed by atoms with E-state index in [1.807, 2.05) is 30.3 Å².